The first-order valence-electron chi connectivity index (χ1n) is 13.9. The molecule has 0 saturated carbocycles. The molecule has 0 amide bonds. The third-order valence-corrected chi connectivity index (χ3v) is 7.02. The van der Waals surface area contributed by atoms with Crippen LogP contribution >= 0.6 is 0 Å². The third-order valence-electron chi connectivity index (χ3n) is 7.02. The fourth-order valence-electron chi connectivity index (χ4n) is 4.75. The third kappa shape index (κ3) is 6.25. The fraction of sp³-hybridized carbons (Fsp3) is 0.0270. The first-order chi connectivity index (χ1) is 22.0. The van der Waals surface area contributed by atoms with Crippen molar-refractivity contribution >= 4 is 43.9 Å². The highest BCUT2D eigenvalue weighted by Gasteiger charge is 2.12. The molecule has 0 spiro atoms. The molecule has 0 aliphatic rings. The maximum Gasteiger partial charge on any atom is 0.196 e. The summed E-state index contributed by atoms with van der Waals surface area (Å²) < 4.78 is 21.2. The van der Waals surface area contributed by atoms with Crippen molar-refractivity contribution in [3.05, 3.63) is 186 Å². The van der Waals surface area contributed by atoms with E-state index in [2.05, 4.69) is 0 Å². The monoisotopic (exact) mass is 596 g/mol. The molecule has 8 rings (SSSR count). The topological polar surface area (TPSA) is 121 Å². The molecule has 220 valence electrons. The second-order valence-corrected chi connectivity index (χ2v) is 9.91. The Morgan fingerprint density at radius 3 is 1.09 bits per heavy atom. The minimum atomic E-state index is -0.126. The van der Waals surface area contributed by atoms with Gasteiger partial charge in [-0.05, 0) is 48.5 Å². The van der Waals surface area contributed by atoms with E-state index < -0.39 is 0 Å². The van der Waals surface area contributed by atoms with Crippen LogP contribution in [0.4, 0.5) is 0 Å². The zero-order valence-corrected chi connectivity index (χ0v) is 23.7. The van der Waals surface area contributed by atoms with Gasteiger partial charge in [-0.15, -0.1) is 0 Å². The van der Waals surface area contributed by atoms with E-state index in [1.165, 1.54) is 37.2 Å². The zero-order chi connectivity index (χ0) is 31.2. The first kappa shape index (κ1) is 28.8. The van der Waals surface area contributed by atoms with Crippen LogP contribution in [0.1, 0.15) is 11.1 Å². The molecule has 0 radical (unpaired) electrons. The van der Waals surface area contributed by atoms with Crippen LogP contribution in [0.5, 0.6) is 0 Å². The lowest BCUT2D eigenvalue weighted by atomic mass is 10.0. The average molecular weight is 597 g/mol. The zero-order valence-electron chi connectivity index (χ0n) is 23.7. The maximum absolute atomic E-state index is 12.5. The van der Waals surface area contributed by atoms with E-state index in [0.29, 0.717) is 55.0 Å². The highest BCUT2D eigenvalue weighted by molar-refractivity contribution is 5.78. The quantitative estimate of drug-likeness (QED) is 0.208. The molecule has 0 bridgehead atoms. The summed E-state index contributed by atoms with van der Waals surface area (Å²) in [6.45, 7) is 0. The standard InChI is InChI=1S/C19H12O4.2C9H6O2/c20-18-12(10-22-16-7-3-1-5-14(16)18)9-13-11-23-17-8-4-2-6-15(17)19(13)21;2*10-8-5-6-11-9-4-2-1-3-7(8)9/h1-8,10-11H,9H2;2*1-6H. The van der Waals surface area contributed by atoms with Crippen molar-refractivity contribution in [1.82, 2.24) is 0 Å². The first-order valence-corrected chi connectivity index (χ1v) is 13.9. The van der Waals surface area contributed by atoms with E-state index in [4.69, 9.17) is 17.7 Å². The van der Waals surface area contributed by atoms with Gasteiger partial charge in [-0.1, -0.05) is 48.5 Å². The molecule has 8 nitrogen and oxygen atoms in total. The number of hydrogen-bond donors (Lipinski definition) is 0. The summed E-state index contributed by atoms with van der Waals surface area (Å²) in [4.78, 5) is 47.3. The van der Waals surface area contributed by atoms with Crippen LogP contribution in [0.2, 0.25) is 0 Å². The Morgan fingerprint density at radius 2 is 0.711 bits per heavy atom. The summed E-state index contributed by atoms with van der Waals surface area (Å²) in [5.41, 5.74) is 2.98. The summed E-state index contributed by atoms with van der Waals surface area (Å²) >= 11 is 0. The minimum Gasteiger partial charge on any atom is -0.464 e. The Hall–Kier alpha value is -6.28. The highest BCUT2D eigenvalue weighted by Crippen LogP contribution is 2.15. The average Bonchev–Trinajstić information content (AvgIpc) is 3.08. The van der Waals surface area contributed by atoms with Gasteiger partial charge in [0, 0.05) is 29.7 Å². The van der Waals surface area contributed by atoms with Gasteiger partial charge in [0.05, 0.1) is 46.6 Å². The SMILES string of the molecule is O=c1c(Cc2coc3ccccc3c2=O)coc2ccccc12.O=c1ccoc2ccccc12.O=c1ccoc2ccccc12. The summed E-state index contributed by atoms with van der Waals surface area (Å²) in [5.74, 6) is 0. The van der Waals surface area contributed by atoms with E-state index in [-0.39, 0.29) is 28.1 Å². The van der Waals surface area contributed by atoms with Crippen molar-refractivity contribution in [2.24, 2.45) is 0 Å². The second-order valence-electron chi connectivity index (χ2n) is 9.91. The van der Waals surface area contributed by atoms with Crippen LogP contribution in [0, 0.1) is 0 Å². The lowest BCUT2D eigenvalue weighted by molar-refractivity contribution is 0.586. The van der Waals surface area contributed by atoms with Crippen LogP contribution in [-0.2, 0) is 6.42 Å². The molecule has 0 aliphatic carbocycles. The largest absolute Gasteiger partial charge is 0.464 e. The molecule has 4 aromatic carbocycles. The van der Waals surface area contributed by atoms with Crippen LogP contribution in [-0.4, -0.2) is 0 Å². The van der Waals surface area contributed by atoms with Gasteiger partial charge in [0.15, 0.2) is 21.7 Å². The summed E-state index contributed by atoms with van der Waals surface area (Å²) in [6, 6.07) is 31.3. The summed E-state index contributed by atoms with van der Waals surface area (Å²) in [6.07, 6.45) is 5.83. The Balaban J connectivity index is 0.000000135. The van der Waals surface area contributed by atoms with Gasteiger partial charge in [-0.25, -0.2) is 0 Å². The molecule has 0 unspecified atom stereocenters. The smallest absolute Gasteiger partial charge is 0.196 e. The molecule has 0 fully saturated rings. The molecule has 4 heterocycles. The molecule has 45 heavy (non-hydrogen) atoms. The molecule has 0 atom stereocenters. The number of para-hydroxylation sites is 4. The Kier molecular flexibility index (Phi) is 8.28. The van der Waals surface area contributed by atoms with Crippen molar-refractivity contribution < 1.29 is 17.7 Å². The van der Waals surface area contributed by atoms with Crippen molar-refractivity contribution in [2.45, 2.75) is 6.42 Å². The lowest BCUT2D eigenvalue weighted by Crippen LogP contribution is -2.14. The Morgan fingerprint density at radius 1 is 0.378 bits per heavy atom. The molecule has 0 saturated heterocycles. The Labute approximate surface area is 254 Å². The minimum absolute atomic E-state index is 0.00634. The Bertz CT molecular complexity index is 2330. The second kappa shape index (κ2) is 12.9. The normalized spacial score (nSPS) is 10.7. The van der Waals surface area contributed by atoms with Gasteiger partial charge >= 0.3 is 0 Å². The highest BCUT2D eigenvalue weighted by atomic mass is 16.3. The van der Waals surface area contributed by atoms with E-state index in [1.807, 2.05) is 36.4 Å². The number of rotatable bonds is 2. The van der Waals surface area contributed by atoms with E-state index >= 15 is 0 Å². The van der Waals surface area contributed by atoms with E-state index in [9.17, 15) is 19.2 Å². The summed E-state index contributed by atoms with van der Waals surface area (Å²) in [7, 11) is 0. The van der Waals surface area contributed by atoms with Crippen molar-refractivity contribution in [3.63, 3.8) is 0 Å². The molecular formula is C37H24O8. The van der Waals surface area contributed by atoms with Crippen LogP contribution in [0.3, 0.4) is 0 Å². The van der Waals surface area contributed by atoms with Gasteiger partial charge in [0.1, 0.15) is 22.3 Å². The van der Waals surface area contributed by atoms with Crippen LogP contribution in [0.25, 0.3) is 43.9 Å². The molecular weight excluding hydrogens is 572 g/mol. The van der Waals surface area contributed by atoms with E-state index in [1.54, 1.807) is 60.7 Å². The van der Waals surface area contributed by atoms with Gasteiger partial charge in [0.25, 0.3) is 0 Å². The number of benzene rings is 4. The summed E-state index contributed by atoms with van der Waals surface area (Å²) in [5, 5.41) is 2.29. The maximum atomic E-state index is 12.5. The molecule has 0 aliphatic heterocycles. The molecule has 4 aromatic heterocycles. The van der Waals surface area contributed by atoms with Crippen molar-refractivity contribution in [3.8, 4) is 0 Å². The predicted molar refractivity (Wildman–Crippen MR) is 173 cm³/mol. The molecule has 8 heteroatoms. The lowest BCUT2D eigenvalue weighted by Gasteiger charge is -2.03. The molecule has 0 N–H and O–H groups in total. The van der Waals surface area contributed by atoms with Gasteiger partial charge in [-0.2, -0.15) is 0 Å². The van der Waals surface area contributed by atoms with Crippen LogP contribution < -0.4 is 21.7 Å². The van der Waals surface area contributed by atoms with Crippen LogP contribution in [0.15, 0.2) is 171 Å². The number of hydrogen-bond acceptors (Lipinski definition) is 8. The molecule has 8 aromatic rings. The fourth-order valence-corrected chi connectivity index (χ4v) is 4.75. The van der Waals surface area contributed by atoms with Gasteiger partial charge in [-0.3, -0.25) is 19.2 Å². The predicted octanol–water partition coefficient (Wildman–Crippen LogP) is 7.08. The van der Waals surface area contributed by atoms with Crippen molar-refractivity contribution in [1.29, 1.82) is 0 Å². The van der Waals surface area contributed by atoms with Gasteiger partial charge in [0.2, 0.25) is 0 Å². The van der Waals surface area contributed by atoms with E-state index in [0.717, 1.165) is 0 Å². The number of fused-ring (bicyclic) bond motifs is 4. The van der Waals surface area contributed by atoms with Crippen molar-refractivity contribution in [2.75, 3.05) is 0 Å². The van der Waals surface area contributed by atoms with Gasteiger partial charge < -0.3 is 17.7 Å².